The van der Waals surface area contributed by atoms with Gasteiger partial charge in [-0.3, -0.25) is 9.59 Å². The molecule has 1 atom stereocenters. The molecule has 3 aromatic rings. The molecule has 0 radical (unpaired) electrons. The van der Waals surface area contributed by atoms with Gasteiger partial charge >= 0.3 is 5.97 Å². The van der Waals surface area contributed by atoms with Gasteiger partial charge in [0.05, 0.1) is 23.0 Å². The summed E-state index contributed by atoms with van der Waals surface area (Å²) in [5, 5.41) is 3.13. The Balaban J connectivity index is 1.41. The van der Waals surface area contributed by atoms with Crippen LogP contribution in [0.2, 0.25) is 5.02 Å². The molecule has 3 rings (SSSR count). The van der Waals surface area contributed by atoms with E-state index in [1.807, 2.05) is 24.3 Å². The molecule has 0 saturated heterocycles. The minimum absolute atomic E-state index is 0.232. The van der Waals surface area contributed by atoms with Crippen LogP contribution in [0.15, 0.2) is 46.8 Å². The number of carbonyl (C=O) groups excluding carboxylic acids is 2. The third-order valence-electron chi connectivity index (χ3n) is 4.12. The number of rotatable bonds is 9. The SMILES string of the molecule is COc1ccc(Cl)cc1NC(=O)[C@@H](C)OC(=O)CCCSc1nc2ccccc2s1. The Bertz CT molecular complexity index is 1010. The van der Waals surface area contributed by atoms with Crippen LogP contribution in [0.1, 0.15) is 19.8 Å². The molecule has 30 heavy (non-hydrogen) atoms. The van der Waals surface area contributed by atoms with Gasteiger partial charge in [-0.05, 0) is 43.7 Å². The summed E-state index contributed by atoms with van der Waals surface area (Å²) < 4.78 is 12.6. The Hall–Kier alpha value is -2.29. The van der Waals surface area contributed by atoms with E-state index in [2.05, 4.69) is 10.3 Å². The quantitative estimate of drug-likeness (QED) is 0.259. The third kappa shape index (κ3) is 6.10. The number of methoxy groups -OCH3 is 1. The van der Waals surface area contributed by atoms with Crippen LogP contribution in [0, 0.1) is 0 Å². The first-order valence-electron chi connectivity index (χ1n) is 9.28. The van der Waals surface area contributed by atoms with Gasteiger partial charge in [0.1, 0.15) is 5.75 Å². The van der Waals surface area contributed by atoms with Crippen molar-refractivity contribution in [2.45, 2.75) is 30.2 Å². The fraction of sp³-hybridized carbons (Fsp3) is 0.286. The molecule has 0 unspecified atom stereocenters. The second-order valence-corrected chi connectivity index (χ2v) is 9.17. The molecular formula is C21H21ClN2O4S2. The first-order chi connectivity index (χ1) is 14.5. The number of thiazole rings is 1. The third-order valence-corrected chi connectivity index (χ3v) is 6.62. The van der Waals surface area contributed by atoms with Crippen molar-refractivity contribution in [3.63, 3.8) is 0 Å². The molecule has 0 saturated carbocycles. The van der Waals surface area contributed by atoms with E-state index in [1.165, 1.54) is 14.0 Å². The number of amides is 1. The molecule has 1 amide bonds. The first-order valence-corrected chi connectivity index (χ1v) is 11.5. The number of hydrogen-bond acceptors (Lipinski definition) is 7. The molecule has 1 N–H and O–H groups in total. The van der Waals surface area contributed by atoms with Crippen LogP contribution in [0.25, 0.3) is 10.2 Å². The highest BCUT2D eigenvalue weighted by atomic mass is 35.5. The van der Waals surface area contributed by atoms with Gasteiger partial charge in [0, 0.05) is 17.2 Å². The second kappa shape index (κ2) is 10.7. The molecule has 0 aliphatic rings. The number of carbonyl (C=O) groups is 2. The molecular weight excluding hydrogens is 444 g/mol. The Morgan fingerprint density at radius 2 is 2.07 bits per heavy atom. The summed E-state index contributed by atoms with van der Waals surface area (Å²) in [5.41, 5.74) is 1.41. The van der Waals surface area contributed by atoms with Gasteiger partial charge in [0.2, 0.25) is 0 Å². The number of nitrogens with zero attached hydrogens (tertiary/aromatic N) is 1. The molecule has 9 heteroatoms. The van der Waals surface area contributed by atoms with Crippen molar-refractivity contribution >= 4 is 62.5 Å². The van der Waals surface area contributed by atoms with Crippen LogP contribution in [0.3, 0.4) is 0 Å². The summed E-state index contributed by atoms with van der Waals surface area (Å²) >= 11 is 9.21. The molecule has 0 bridgehead atoms. The molecule has 0 spiro atoms. The zero-order valence-electron chi connectivity index (χ0n) is 16.5. The molecule has 0 aliphatic carbocycles. The lowest BCUT2D eigenvalue weighted by Crippen LogP contribution is -2.30. The van der Waals surface area contributed by atoms with Crippen LogP contribution < -0.4 is 10.1 Å². The van der Waals surface area contributed by atoms with Crippen LogP contribution in [0.5, 0.6) is 5.75 Å². The summed E-state index contributed by atoms with van der Waals surface area (Å²) in [6, 6.07) is 12.9. The zero-order valence-corrected chi connectivity index (χ0v) is 18.9. The Labute approximate surface area is 187 Å². The standard InChI is InChI=1S/C21H21ClN2O4S2/c1-13(20(26)23-16-12-14(22)9-10-17(16)27-2)28-19(25)8-5-11-29-21-24-15-6-3-4-7-18(15)30-21/h3-4,6-7,9-10,12-13H,5,8,11H2,1-2H3,(H,23,26)/t13-/m1/s1. The maximum absolute atomic E-state index is 12.3. The molecule has 6 nitrogen and oxygen atoms in total. The van der Waals surface area contributed by atoms with Crippen molar-refractivity contribution in [2.24, 2.45) is 0 Å². The van der Waals surface area contributed by atoms with E-state index >= 15 is 0 Å². The number of para-hydroxylation sites is 1. The average Bonchev–Trinajstić information content (AvgIpc) is 3.14. The fourth-order valence-electron chi connectivity index (χ4n) is 2.61. The molecule has 1 aromatic heterocycles. The van der Waals surface area contributed by atoms with E-state index in [4.69, 9.17) is 21.1 Å². The minimum atomic E-state index is -0.932. The smallest absolute Gasteiger partial charge is 0.306 e. The maximum atomic E-state index is 12.3. The number of nitrogens with one attached hydrogen (secondary N) is 1. The van der Waals surface area contributed by atoms with E-state index in [-0.39, 0.29) is 6.42 Å². The summed E-state index contributed by atoms with van der Waals surface area (Å²) in [6.45, 7) is 1.53. The number of ether oxygens (including phenoxy) is 2. The number of thioether (sulfide) groups is 1. The average molecular weight is 465 g/mol. The van der Waals surface area contributed by atoms with Crippen molar-refractivity contribution in [3.05, 3.63) is 47.5 Å². The van der Waals surface area contributed by atoms with Crippen LogP contribution in [0.4, 0.5) is 5.69 Å². The van der Waals surface area contributed by atoms with Gasteiger partial charge in [-0.15, -0.1) is 11.3 Å². The highest BCUT2D eigenvalue weighted by Gasteiger charge is 2.19. The van der Waals surface area contributed by atoms with E-state index in [9.17, 15) is 9.59 Å². The predicted molar refractivity (Wildman–Crippen MR) is 122 cm³/mol. The van der Waals surface area contributed by atoms with Gasteiger partial charge in [-0.2, -0.15) is 0 Å². The monoisotopic (exact) mass is 464 g/mol. The molecule has 158 valence electrons. The topological polar surface area (TPSA) is 77.5 Å². The normalized spacial score (nSPS) is 11.8. The second-order valence-electron chi connectivity index (χ2n) is 6.37. The number of aromatic nitrogens is 1. The Morgan fingerprint density at radius 3 is 2.83 bits per heavy atom. The summed E-state index contributed by atoms with van der Waals surface area (Å²) in [6.07, 6.45) is -0.0654. The van der Waals surface area contributed by atoms with Crippen LogP contribution in [-0.4, -0.2) is 35.8 Å². The van der Waals surface area contributed by atoms with Gasteiger partial charge in [0.25, 0.3) is 5.91 Å². The van der Waals surface area contributed by atoms with E-state index < -0.39 is 18.0 Å². The first kappa shape index (κ1) is 22.4. The van der Waals surface area contributed by atoms with Gasteiger partial charge in [-0.25, -0.2) is 4.98 Å². The lowest BCUT2D eigenvalue weighted by atomic mass is 10.2. The van der Waals surface area contributed by atoms with Crippen molar-refractivity contribution in [3.8, 4) is 5.75 Å². The van der Waals surface area contributed by atoms with Crippen LogP contribution >= 0.6 is 34.7 Å². The molecule has 1 heterocycles. The van der Waals surface area contributed by atoms with Crippen molar-refractivity contribution in [1.29, 1.82) is 0 Å². The van der Waals surface area contributed by atoms with Crippen LogP contribution in [-0.2, 0) is 14.3 Å². The lowest BCUT2D eigenvalue weighted by Gasteiger charge is -2.15. The number of fused-ring (bicyclic) bond motifs is 1. The highest BCUT2D eigenvalue weighted by molar-refractivity contribution is 8.01. The number of halogens is 1. The van der Waals surface area contributed by atoms with Crippen molar-refractivity contribution in [2.75, 3.05) is 18.2 Å². The Morgan fingerprint density at radius 1 is 1.27 bits per heavy atom. The van der Waals surface area contributed by atoms with E-state index in [0.717, 1.165) is 20.3 Å². The molecule has 0 aliphatic heterocycles. The van der Waals surface area contributed by atoms with E-state index in [1.54, 1.807) is 41.3 Å². The van der Waals surface area contributed by atoms with E-state index in [0.29, 0.717) is 22.9 Å². The Kier molecular flexibility index (Phi) is 7.95. The van der Waals surface area contributed by atoms with Gasteiger partial charge < -0.3 is 14.8 Å². The fourth-order valence-corrected chi connectivity index (χ4v) is 4.86. The lowest BCUT2D eigenvalue weighted by molar-refractivity contribution is -0.153. The number of benzene rings is 2. The largest absolute Gasteiger partial charge is 0.495 e. The van der Waals surface area contributed by atoms with Gasteiger partial charge in [0.15, 0.2) is 10.4 Å². The number of hydrogen-bond donors (Lipinski definition) is 1. The summed E-state index contributed by atoms with van der Waals surface area (Å²) in [4.78, 5) is 29.0. The highest BCUT2D eigenvalue weighted by Crippen LogP contribution is 2.30. The number of anilines is 1. The summed E-state index contributed by atoms with van der Waals surface area (Å²) in [5.74, 6) is 0.349. The molecule has 2 aromatic carbocycles. The van der Waals surface area contributed by atoms with Crippen molar-refractivity contribution < 1.29 is 19.1 Å². The predicted octanol–water partition coefficient (Wildman–Crippen LogP) is 5.40. The molecule has 0 fully saturated rings. The number of esters is 1. The minimum Gasteiger partial charge on any atom is -0.495 e. The van der Waals surface area contributed by atoms with Gasteiger partial charge in [-0.1, -0.05) is 35.5 Å². The maximum Gasteiger partial charge on any atom is 0.306 e. The zero-order chi connectivity index (χ0) is 21.5. The van der Waals surface area contributed by atoms with Crippen molar-refractivity contribution in [1.82, 2.24) is 4.98 Å². The summed E-state index contributed by atoms with van der Waals surface area (Å²) in [7, 11) is 1.49.